The molecule has 120 valence electrons. The monoisotopic (exact) mass is 326 g/mol. The highest BCUT2D eigenvalue weighted by atomic mass is 32.1. The van der Waals surface area contributed by atoms with Crippen molar-refractivity contribution in [3.8, 4) is 0 Å². The number of hydrogen-bond acceptors (Lipinski definition) is 2. The van der Waals surface area contributed by atoms with Gasteiger partial charge in [-0.25, -0.2) is 0 Å². The van der Waals surface area contributed by atoms with E-state index in [1.54, 1.807) is 16.2 Å². The summed E-state index contributed by atoms with van der Waals surface area (Å²) < 4.78 is 3.35. The minimum Gasteiger partial charge on any atom is -0.341 e. The summed E-state index contributed by atoms with van der Waals surface area (Å²) in [6.45, 7) is 7.67. The standard InChI is InChI=1S/C19H22N2OS/c1-5-20(4)19(22)17-11-18-16(10-14(3)23-18)21(17)12-15-9-7-6-8-13(15)2/h6-11H,5,12H2,1-4H3. The fraction of sp³-hybridized carbons (Fsp3) is 0.316. The van der Waals surface area contributed by atoms with Crippen LogP contribution < -0.4 is 0 Å². The van der Waals surface area contributed by atoms with Crippen molar-refractivity contribution in [3.63, 3.8) is 0 Å². The second-order valence-corrected chi connectivity index (χ2v) is 7.26. The maximum Gasteiger partial charge on any atom is 0.270 e. The molecule has 3 rings (SSSR count). The number of nitrogens with zero attached hydrogens (tertiary/aromatic N) is 2. The molecule has 0 spiro atoms. The van der Waals surface area contributed by atoms with E-state index in [2.05, 4.69) is 48.7 Å². The molecule has 0 aliphatic rings. The lowest BCUT2D eigenvalue weighted by Crippen LogP contribution is -2.28. The molecule has 3 nitrogen and oxygen atoms in total. The Morgan fingerprint density at radius 2 is 1.96 bits per heavy atom. The van der Waals surface area contributed by atoms with Gasteiger partial charge in [-0.2, -0.15) is 0 Å². The first-order valence-electron chi connectivity index (χ1n) is 7.91. The smallest absolute Gasteiger partial charge is 0.270 e. The molecule has 0 fully saturated rings. The summed E-state index contributed by atoms with van der Waals surface area (Å²) in [6, 6.07) is 12.6. The molecule has 2 heterocycles. The summed E-state index contributed by atoms with van der Waals surface area (Å²) in [5.74, 6) is 0.0853. The van der Waals surface area contributed by atoms with Crippen LogP contribution in [0.5, 0.6) is 0 Å². The van der Waals surface area contributed by atoms with E-state index in [-0.39, 0.29) is 5.91 Å². The van der Waals surface area contributed by atoms with Gasteiger partial charge in [-0.15, -0.1) is 11.3 Å². The predicted octanol–water partition coefficient (Wildman–Crippen LogP) is 4.46. The van der Waals surface area contributed by atoms with Crippen molar-refractivity contribution in [1.82, 2.24) is 9.47 Å². The number of thiophene rings is 1. The molecule has 0 atom stereocenters. The van der Waals surface area contributed by atoms with Crippen molar-refractivity contribution in [2.24, 2.45) is 0 Å². The normalized spacial score (nSPS) is 11.1. The number of benzene rings is 1. The van der Waals surface area contributed by atoms with Gasteiger partial charge in [0.2, 0.25) is 0 Å². The van der Waals surface area contributed by atoms with Crippen LogP contribution in [0, 0.1) is 13.8 Å². The Morgan fingerprint density at radius 1 is 1.22 bits per heavy atom. The van der Waals surface area contributed by atoms with Crippen LogP contribution in [-0.4, -0.2) is 29.0 Å². The molecule has 1 amide bonds. The van der Waals surface area contributed by atoms with Gasteiger partial charge in [0.15, 0.2) is 0 Å². The predicted molar refractivity (Wildman–Crippen MR) is 97.5 cm³/mol. The van der Waals surface area contributed by atoms with Gasteiger partial charge in [-0.1, -0.05) is 24.3 Å². The molecule has 2 aromatic heterocycles. The number of aryl methyl sites for hydroxylation is 2. The topological polar surface area (TPSA) is 25.2 Å². The van der Waals surface area contributed by atoms with Crippen molar-refractivity contribution in [1.29, 1.82) is 0 Å². The van der Waals surface area contributed by atoms with Crippen LogP contribution in [0.3, 0.4) is 0 Å². The highest BCUT2D eigenvalue weighted by Gasteiger charge is 2.20. The second-order valence-electron chi connectivity index (χ2n) is 5.97. The number of aromatic nitrogens is 1. The highest BCUT2D eigenvalue weighted by molar-refractivity contribution is 7.19. The third-order valence-electron chi connectivity index (χ3n) is 4.34. The lowest BCUT2D eigenvalue weighted by atomic mass is 10.1. The maximum absolute atomic E-state index is 12.7. The van der Waals surface area contributed by atoms with Crippen LogP contribution in [0.4, 0.5) is 0 Å². The summed E-state index contributed by atoms with van der Waals surface area (Å²) >= 11 is 1.75. The number of rotatable bonds is 4. The molecule has 0 saturated carbocycles. The molecular formula is C19H22N2OS. The van der Waals surface area contributed by atoms with Gasteiger partial charge in [0.1, 0.15) is 5.69 Å². The summed E-state index contributed by atoms with van der Waals surface area (Å²) in [6.07, 6.45) is 0. The van der Waals surface area contributed by atoms with Crippen LogP contribution in [0.1, 0.15) is 33.4 Å². The summed E-state index contributed by atoms with van der Waals surface area (Å²) in [7, 11) is 1.85. The average molecular weight is 326 g/mol. The van der Waals surface area contributed by atoms with Gasteiger partial charge in [-0.05, 0) is 44.0 Å². The van der Waals surface area contributed by atoms with Gasteiger partial charge in [-0.3, -0.25) is 4.79 Å². The Labute approximate surface area is 141 Å². The van der Waals surface area contributed by atoms with E-state index >= 15 is 0 Å². The van der Waals surface area contributed by atoms with Gasteiger partial charge in [0.25, 0.3) is 5.91 Å². The lowest BCUT2D eigenvalue weighted by molar-refractivity contribution is 0.0793. The van der Waals surface area contributed by atoms with E-state index in [0.717, 1.165) is 17.8 Å². The van der Waals surface area contributed by atoms with Gasteiger partial charge >= 0.3 is 0 Å². The minimum absolute atomic E-state index is 0.0853. The van der Waals surface area contributed by atoms with Crippen molar-refractivity contribution in [2.75, 3.05) is 13.6 Å². The molecule has 0 aliphatic heterocycles. The van der Waals surface area contributed by atoms with E-state index in [1.165, 1.54) is 20.7 Å². The van der Waals surface area contributed by atoms with Crippen molar-refractivity contribution < 1.29 is 4.79 Å². The fourth-order valence-corrected chi connectivity index (χ4v) is 3.77. The van der Waals surface area contributed by atoms with Crippen LogP contribution in [-0.2, 0) is 6.54 Å². The average Bonchev–Trinajstić information content (AvgIpc) is 3.05. The number of hydrogen-bond donors (Lipinski definition) is 0. The first kappa shape index (κ1) is 15.8. The molecule has 1 aromatic carbocycles. The first-order chi connectivity index (χ1) is 11.0. The molecule has 23 heavy (non-hydrogen) atoms. The number of carbonyl (C=O) groups is 1. The zero-order valence-electron chi connectivity index (χ0n) is 14.1. The first-order valence-corrected chi connectivity index (χ1v) is 8.72. The van der Waals surface area contributed by atoms with E-state index in [4.69, 9.17) is 0 Å². The quantitative estimate of drug-likeness (QED) is 0.695. The third kappa shape index (κ3) is 2.91. The van der Waals surface area contributed by atoms with Crippen molar-refractivity contribution in [3.05, 3.63) is 58.1 Å². The Balaban J connectivity index is 2.12. The van der Waals surface area contributed by atoms with Crippen LogP contribution in [0.2, 0.25) is 0 Å². The van der Waals surface area contributed by atoms with Crippen LogP contribution >= 0.6 is 11.3 Å². The molecule has 0 bridgehead atoms. The zero-order chi connectivity index (χ0) is 16.6. The summed E-state index contributed by atoms with van der Waals surface area (Å²) in [4.78, 5) is 15.8. The van der Waals surface area contributed by atoms with E-state index in [9.17, 15) is 4.79 Å². The Bertz CT molecular complexity index is 860. The fourth-order valence-electron chi connectivity index (χ4n) is 2.81. The number of fused-ring (bicyclic) bond motifs is 1. The third-order valence-corrected chi connectivity index (χ3v) is 5.33. The van der Waals surface area contributed by atoms with Crippen LogP contribution in [0.25, 0.3) is 10.2 Å². The van der Waals surface area contributed by atoms with Gasteiger partial charge < -0.3 is 9.47 Å². The summed E-state index contributed by atoms with van der Waals surface area (Å²) in [5, 5.41) is 0. The van der Waals surface area contributed by atoms with Crippen LogP contribution in [0.15, 0.2) is 36.4 Å². The minimum atomic E-state index is 0.0853. The number of amides is 1. The molecule has 0 unspecified atom stereocenters. The molecular weight excluding hydrogens is 304 g/mol. The van der Waals surface area contributed by atoms with Gasteiger partial charge in [0.05, 0.1) is 10.2 Å². The van der Waals surface area contributed by atoms with E-state index in [1.807, 2.05) is 20.0 Å². The Hall–Kier alpha value is -2.07. The maximum atomic E-state index is 12.7. The van der Waals surface area contributed by atoms with Crippen molar-refractivity contribution in [2.45, 2.75) is 27.3 Å². The molecule has 0 N–H and O–H groups in total. The second kappa shape index (κ2) is 6.20. The summed E-state index contributed by atoms with van der Waals surface area (Å²) in [5.41, 5.74) is 4.44. The Kier molecular flexibility index (Phi) is 4.26. The Morgan fingerprint density at radius 3 is 2.65 bits per heavy atom. The lowest BCUT2D eigenvalue weighted by Gasteiger charge is -2.17. The van der Waals surface area contributed by atoms with E-state index < -0.39 is 0 Å². The largest absolute Gasteiger partial charge is 0.341 e. The SMILES string of the molecule is CCN(C)C(=O)c1cc2sc(C)cc2n1Cc1ccccc1C. The van der Waals surface area contributed by atoms with E-state index in [0.29, 0.717) is 6.54 Å². The molecule has 0 aliphatic carbocycles. The number of carbonyl (C=O) groups excluding carboxylic acids is 1. The van der Waals surface area contributed by atoms with Gasteiger partial charge in [0, 0.05) is 25.0 Å². The van der Waals surface area contributed by atoms with Crippen molar-refractivity contribution >= 4 is 27.5 Å². The molecule has 0 radical (unpaired) electrons. The highest BCUT2D eigenvalue weighted by Crippen LogP contribution is 2.30. The molecule has 0 saturated heterocycles. The molecule has 3 aromatic rings. The molecule has 4 heteroatoms. The zero-order valence-corrected chi connectivity index (χ0v) is 14.9.